The first-order valence-corrected chi connectivity index (χ1v) is 12.6. The lowest BCUT2D eigenvalue weighted by molar-refractivity contribution is -0.186. The predicted molar refractivity (Wildman–Crippen MR) is 138 cm³/mol. The minimum atomic E-state index is -0.375. The number of halogens is 1. The molecule has 4 rings (SSSR count). The van der Waals surface area contributed by atoms with E-state index in [9.17, 15) is 4.79 Å². The number of rotatable bonds is 7. The van der Waals surface area contributed by atoms with E-state index in [0.29, 0.717) is 11.8 Å². The molecule has 2 fully saturated rings. The molecule has 0 aliphatic heterocycles. The largest absolute Gasteiger partial charge is 0.458 e. The molecule has 0 heterocycles. The Morgan fingerprint density at radius 1 is 0.879 bits per heavy atom. The van der Waals surface area contributed by atoms with Gasteiger partial charge in [-0.3, -0.25) is 4.79 Å². The van der Waals surface area contributed by atoms with Crippen LogP contribution in [0.4, 0.5) is 0 Å². The average Bonchev–Trinajstić information content (AvgIpc) is 2.82. The van der Waals surface area contributed by atoms with Crippen molar-refractivity contribution in [3.05, 3.63) is 71.8 Å². The van der Waals surface area contributed by atoms with Gasteiger partial charge < -0.3 is 9.64 Å². The Morgan fingerprint density at radius 2 is 1.42 bits per heavy atom. The van der Waals surface area contributed by atoms with Gasteiger partial charge in [-0.05, 0) is 63.2 Å². The number of esters is 1. The lowest BCUT2D eigenvalue weighted by Gasteiger charge is -2.50. The summed E-state index contributed by atoms with van der Waals surface area (Å²) >= 11 is 0. The number of nitrogens with zero attached hydrogens (tertiary/aromatic N) is 1. The van der Waals surface area contributed by atoms with Crippen molar-refractivity contribution in [1.29, 1.82) is 0 Å². The Balaban J connectivity index is 0.00000306. The van der Waals surface area contributed by atoms with Gasteiger partial charge in [0.25, 0.3) is 0 Å². The summed E-state index contributed by atoms with van der Waals surface area (Å²) in [5, 5.41) is 0. The van der Waals surface area contributed by atoms with Crippen molar-refractivity contribution in [2.24, 2.45) is 11.8 Å². The van der Waals surface area contributed by atoms with Crippen LogP contribution in [-0.2, 0) is 9.53 Å². The highest BCUT2D eigenvalue weighted by Gasteiger charge is 2.50. The van der Waals surface area contributed by atoms with E-state index >= 15 is 0 Å². The summed E-state index contributed by atoms with van der Waals surface area (Å²) in [6, 6.07) is 20.3. The monoisotopic (exact) mass is 469 g/mol. The maximum absolute atomic E-state index is 14.1. The third-order valence-electron chi connectivity index (χ3n) is 7.74. The molecule has 0 bridgehead atoms. The number of ether oxygens (including phenoxy) is 1. The van der Waals surface area contributed by atoms with E-state index in [0.717, 1.165) is 36.9 Å². The van der Waals surface area contributed by atoms with Gasteiger partial charge in [0, 0.05) is 12.5 Å². The van der Waals surface area contributed by atoms with E-state index < -0.39 is 0 Å². The molecular weight excluding hydrogens is 430 g/mol. The van der Waals surface area contributed by atoms with Gasteiger partial charge in [-0.25, -0.2) is 0 Å². The molecule has 0 aromatic heterocycles. The highest BCUT2D eigenvalue weighted by molar-refractivity contribution is 5.85. The van der Waals surface area contributed by atoms with Gasteiger partial charge in [0.1, 0.15) is 11.5 Å². The van der Waals surface area contributed by atoms with Crippen LogP contribution in [0, 0.1) is 11.8 Å². The Hall–Kier alpha value is -1.84. The van der Waals surface area contributed by atoms with E-state index in [1.54, 1.807) is 0 Å². The first kappa shape index (κ1) is 25.8. The molecule has 2 atom stereocenters. The normalized spacial score (nSPS) is 23.8. The summed E-state index contributed by atoms with van der Waals surface area (Å²) in [4.78, 5) is 16.3. The molecule has 33 heavy (non-hydrogen) atoms. The van der Waals surface area contributed by atoms with Crippen LogP contribution in [0.15, 0.2) is 60.7 Å². The Bertz CT molecular complexity index is 811. The fourth-order valence-electron chi connectivity index (χ4n) is 6.28. The lowest BCUT2D eigenvalue weighted by Crippen LogP contribution is -2.54. The molecule has 3 nitrogen and oxygen atoms in total. The van der Waals surface area contributed by atoms with Crippen molar-refractivity contribution >= 4 is 18.4 Å². The van der Waals surface area contributed by atoms with Crippen molar-refractivity contribution in [2.75, 3.05) is 20.6 Å². The molecule has 0 N–H and O–H groups in total. The topological polar surface area (TPSA) is 29.5 Å². The van der Waals surface area contributed by atoms with Crippen molar-refractivity contribution < 1.29 is 9.53 Å². The van der Waals surface area contributed by atoms with E-state index in [1.807, 2.05) is 36.4 Å². The standard InChI is InChI=1S/C29H39NO2.ClH/c1-30(2)22-26-20-12-13-21-29(26,25-18-10-5-11-19-25)32-28(31)27(23-14-6-3-7-15-23)24-16-8-4-9-17-24;/h3-4,6-9,14-17,25-27H,5,10-13,18-22H2,1-2H3;1H. The van der Waals surface area contributed by atoms with Gasteiger partial charge >= 0.3 is 5.97 Å². The zero-order valence-corrected chi connectivity index (χ0v) is 21.1. The fraction of sp³-hybridized carbons (Fsp3) is 0.552. The number of hydrogen-bond donors (Lipinski definition) is 0. The second-order valence-corrected chi connectivity index (χ2v) is 10.2. The first-order valence-electron chi connectivity index (χ1n) is 12.6. The second kappa shape index (κ2) is 12.0. The van der Waals surface area contributed by atoms with Crippen LogP contribution in [0.25, 0.3) is 0 Å². The number of carbonyl (C=O) groups excluding carboxylic acids is 1. The quantitative estimate of drug-likeness (QED) is 0.415. The molecule has 2 aromatic carbocycles. The van der Waals surface area contributed by atoms with Crippen molar-refractivity contribution in [3.8, 4) is 0 Å². The summed E-state index contributed by atoms with van der Waals surface area (Å²) < 4.78 is 6.84. The molecule has 0 amide bonds. The molecule has 2 aliphatic rings. The van der Waals surface area contributed by atoms with Crippen molar-refractivity contribution in [3.63, 3.8) is 0 Å². The summed E-state index contributed by atoms with van der Waals surface area (Å²) in [6.45, 7) is 0.991. The SMILES string of the molecule is CN(C)CC1CCCCC1(OC(=O)C(c1ccccc1)c1ccccc1)C1CCCCC1.Cl. The van der Waals surface area contributed by atoms with E-state index in [2.05, 4.69) is 43.3 Å². The van der Waals surface area contributed by atoms with E-state index in [1.165, 1.54) is 38.5 Å². The molecule has 2 unspecified atom stereocenters. The molecule has 0 saturated heterocycles. The van der Waals surface area contributed by atoms with Gasteiger partial charge in [0.05, 0.1) is 0 Å². The third kappa shape index (κ3) is 6.00. The Kier molecular flexibility index (Phi) is 9.40. The summed E-state index contributed by atoms with van der Waals surface area (Å²) in [5.41, 5.74) is 1.70. The van der Waals surface area contributed by atoms with Crippen LogP contribution in [0.2, 0.25) is 0 Å². The zero-order chi connectivity index (χ0) is 22.4. The summed E-state index contributed by atoms with van der Waals surface area (Å²) in [5.74, 6) is 0.446. The Morgan fingerprint density at radius 3 is 1.97 bits per heavy atom. The molecule has 4 heteroatoms. The number of benzene rings is 2. The van der Waals surface area contributed by atoms with Crippen LogP contribution in [0.1, 0.15) is 74.8 Å². The van der Waals surface area contributed by atoms with Crippen LogP contribution in [-0.4, -0.2) is 37.1 Å². The average molecular weight is 470 g/mol. The minimum Gasteiger partial charge on any atom is -0.458 e. The van der Waals surface area contributed by atoms with Gasteiger partial charge in [-0.15, -0.1) is 12.4 Å². The van der Waals surface area contributed by atoms with E-state index in [-0.39, 0.29) is 29.9 Å². The highest BCUT2D eigenvalue weighted by Crippen LogP contribution is 2.48. The summed E-state index contributed by atoms with van der Waals surface area (Å²) in [6.07, 6.45) is 10.8. The Labute approximate surface area is 206 Å². The van der Waals surface area contributed by atoms with E-state index in [4.69, 9.17) is 4.74 Å². The molecule has 2 aliphatic carbocycles. The zero-order valence-electron chi connectivity index (χ0n) is 20.2. The lowest BCUT2D eigenvalue weighted by atomic mass is 9.64. The van der Waals surface area contributed by atoms with Crippen LogP contribution >= 0.6 is 12.4 Å². The molecule has 180 valence electrons. The molecule has 0 spiro atoms. The third-order valence-corrected chi connectivity index (χ3v) is 7.74. The molecule has 2 saturated carbocycles. The predicted octanol–water partition coefficient (Wildman–Crippen LogP) is 6.85. The van der Waals surface area contributed by atoms with Crippen LogP contribution < -0.4 is 0 Å². The van der Waals surface area contributed by atoms with Crippen LogP contribution in [0.3, 0.4) is 0 Å². The van der Waals surface area contributed by atoms with Crippen molar-refractivity contribution in [1.82, 2.24) is 4.90 Å². The van der Waals surface area contributed by atoms with Gasteiger partial charge in [-0.2, -0.15) is 0 Å². The smallest absolute Gasteiger partial charge is 0.318 e. The van der Waals surface area contributed by atoms with Gasteiger partial charge in [-0.1, -0.05) is 86.3 Å². The molecule has 0 radical (unpaired) electrons. The molecule has 2 aromatic rings. The first-order chi connectivity index (χ1) is 15.6. The number of hydrogen-bond acceptors (Lipinski definition) is 3. The van der Waals surface area contributed by atoms with Crippen molar-refractivity contribution in [2.45, 2.75) is 69.3 Å². The summed E-state index contributed by atoms with van der Waals surface area (Å²) in [7, 11) is 4.30. The number of carbonyl (C=O) groups is 1. The highest BCUT2D eigenvalue weighted by atomic mass is 35.5. The minimum absolute atomic E-state index is 0. The maximum atomic E-state index is 14.1. The second-order valence-electron chi connectivity index (χ2n) is 10.2. The fourth-order valence-corrected chi connectivity index (χ4v) is 6.28. The van der Waals surface area contributed by atoms with Gasteiger partial charge in [0.15, 0.2) is 0 Å². The van der Waals surface area contributed by atoms with Crippen LogP contribution in [0.5, 0.6) is 0 Å². The maximum Gasteiger partial charge on any atom is 0.318 e. The van der Waals surface area contributed by atoms with Gasteiger partial charge in [0.2, 0.25) is 0 Å². The molecular formula is C29H40ClNO2.